The lowest BCUT2D eigenvalue weighted by molar-refractivity contribution is -0.137. The third kappa shape index (κ3) is 2.87. The second kappa shape index (κ2) is 6.27. The van der Waals surface area contributed by atoms with E-state index in [-0.39, 0.29) is 24.4 Å². The monoisotopic (exact) mass is 323 g/mol. The lowest BCUT2D eigenvalue weighted by Crippen LogP contribution is -2.29. The summed E-state index contributed by atoms with van der Waals surface area (Å²) in [5, 5.41) is 9.15. The van der Waals surface area contributed by atoms with Gasteiger partial charge in [0.1, 0.15) is 4.83 Å². The summed E-state index contributed by atoms with van der Waals surface area (Å²) in [4.78, 5) is 41.9. The molecule has 8 heteroatoms. The number of carbonyl (C=O) groups is 2. The average molecular weight is 323 g/mol. The first-order chi connectivity index (χ1) is 10.4. The van der Waals surface area contributed by atoms with E-state index in [9.17, 15) is 14.4 Å². The molecular weight excluding hydrogens is 306 g/mol. The minimum atomic E-state index is -0.958. The molecule has 118 valence electrons. The van der Waals surface area contributed by atoms with E-state index >= 15 is 0 Å². The van der Waals surface area contributed by atoms with Crippen molar-refractivity contribution in [1.82, 2.24) is 14.5 Å². The summed E-state index contributed by atoms with van der Waals surface area (Å²) in [6, 6.07) is 0. The maximum atomic E-state index is 12.4. The molecule has 1 N–H and O–H groups in total. The summed E-state index contributed by atoms with van der Waals surface area (Å²) >= 11 is 1.16. The van der Waals surface area contributed by atoms with Gasteiger partial charge in [-0.2, -0.15) is 0 Å². The van der Waals surface area contributed by atoms with Gasteiger partial charge >= 0.3 is 5.97 Å². The number of hydrogen-bond acceptors (Lipinski definition) is 5. The normalized spacial score (nSPS) is 10.9. The molecule has 2 heterocycles. The fraction of sp³-hybridized carbons (Fsp3) is 0.429. The number of carbonyl (C=O) groups excluding carboxylic acids is 1. The summed E-state index contributed by atoms with van der Waals surface area (Å²) in [6.45, 7) is 4.20. The molecule has 2 aromatic heterocycles. The number of fused-ring (bicyclic) bond motifs is 1. The second-order valence-electron chi connectivity index (χ2n) is 4.94. The molecule has 0 spiro atoms. The molecule has 0 radical (unpaired) electrons. The van der Waals surface area contributed by atoms with Gasteiger partial charge in [-0.05, 0) is 19.4 Å². The highest BCUT2D eigenvalue weighted by molar-refractivity contribution is 7.20. The Morgan fingerprint density at radius 3 is 2.73 bits per heavy atom. The zero-order valence-corrected chi connectivity index (χ0v) is 13.4. The summed E-state index contributed by atoms with van der Waals surface area (Å²) < 4.78 is 1.49. The quantitative estimate of drug-likeness (QED) is 0.896. The highest BCUT2D eigenvalue weighted by atomic mass is 32.1. The van der Waals surface area contributed by atoms with Crippen LogP contribution in [0.1, 0.15) is 28.6 Å². The minimum Gasteiger partial charge on any atom is -0.481 e. The molecule has 1 amide bonds. The Labute approximate surface area is 130 Å². The topological polar surface area (TPSA) is 92.5 Å². The van der Waals surface area contributed by atoms with Crippen molar-refractivity contribution in [2.45, 2.75) is 26.8 Å². The molecular formula is C14H17N3O4S. The Hall–Kier alpha value is -2.22. The van der Waals surface area contributed by atoms with Crippen LogP contribution < -0.4 is 5.56 Å². The number of carboxylic acid groups (broad SMARTS) is 1. The van der Waals surface area contributed by atoms with Crippen molar-refractivity contribution in [3.8, 4) is 0 Å². The number of aromatic nitrogens is 2. The van der Waals surface area contributed by atoms with Crippen LogP contribution >= 0.6 is 11.3 Å². The number of aliphatic carboxylic acids is 1. The van der Waals surface area contributed by atoms with E-state index < -0.39 is 5.97 Å². The Morgan fingerprint density at radius 1 is 1.45 bits per heavy atom. The highest BCUT2D eigenvalue weighted by Gasteiger charge is 2.22. The van der Waals surface area contributed by atoms with Crippen LogP contribution in [0.5, 0.6) is 0 Å². The van der Waals surface area contributed by atoms with Gasteiger partial charge in [0.15, 0.2) is 0 Å². The zero-order chi connectivity index (χ0) is 16.4. The van der Waals surface area contributed by atoms with Crippen LogP contribution in [0.15, 0.2) is 11.1 Å². The van der Waals surface area contributed by atoms with Crippen molar-refractivity contribution < 1.29 is 14.7 Å². The van der Waals surface area contributed by atoms with E-state index in [1.165, 1.54) is 15.8 Å². The maximum absolute atomic E-state index is 12.4. The number of hydrogen-bond donors (Lipinski definition) is 1. The number of nitrogens with zero attached hydrogens (tertiary/aromatic N) is 3. The molecule has 0 fully saturated rings. The molecule has 0 saturated heterocycles. The Kier molecular flexibility index (Phi) is 4.60. The van der Waals surface area contributed by atoms with Crippen molar-refractivity contribution in [3.05, 3.63) is 27.1 Å². The Balaban J connectivity index is 2.42. The molecule has 0 aliphatic carbocycles. The number of carboxylic acids is 1. The fourth-order valence-electron chi connectivity index (χ4n) is 2.13. The molecule has 2 aromatic rings. The molecule has 7 nitrogen and oxygen atoms in total. The smallest absolute Gasteiger partial charge is 0.305 e. The summed E-state index contributed by atoms with van der Waals surface area (Å²) in [5.41, 5.74) is 0.445. The fourth-order valence-corrected chi connectivity index (χ4v) is 3.26. The van der Waals surface area contributed by atoms with Crippen LogP contribution in [0.2, 0.25) is 0 Å². The molecule has 22 heavy (non-hydrogen) atoms. The number of thiophene rings is 1. The van der Waals surface area contributed by atoms with Crippen LogP contribution in [-0.4, -0.2) is 45.0 Å². The van der Waals surface area contributed by atoms with E-state index in [0.717, 1.165) is 11.3 Å². The maximum Gasteiger partial charge on any atom is 0.305 e. The molecule has 0 saturated carbocycles. The molecule has 0 atom stereocenters. The third-order valence-corrected chi connectivity index (χ3v) is 4.65. The standard InChI is InChI=1S/C14H17N3O4S/c1-4-17-7-15-12-10(13(17)20)8(2)11(22-12)14(21)16(3)6-5-9(18)19/h7H,4-6H2,1-3H3,(H,18,19). The van der Waals surface area contributed by atoms with Gasteiger partial charge in [-0.25, -0.2) is 4.98 Å². The first kappa shape index (κ1) is 16.2. The third-order valence-electron chi connectivity index (χ3n) is 3.46. The summed E-state index contributed by atoms with van der Waals surface area (Å²) in [5.74, 6) is -1.25. The lowest BCUT2D eigenvalue weighted by Gasteiger charge is -2.15. The van der Waals surface area contributed by atoms with E-state index in [0.29, 0.717) is 27.2 Å². The highest BCUT2D eigenvalue weighted by Crippen LogP contribution is 2.27. The zero-order valence-electron chi connectivity index (χ0n) is 12.6. The van der Waals surface area contributed by atoms with Gasteiger partial charge in [-0.3, -0.25) is 19.0 Å². The molecule has 0 bridgehead atoms. The van der Waals surface area contributed by atoms with Gasteiger partial charge in [-0.1, -0.05) is 0 Å². The molecule has 0 aliphatic rings. The van der Waals surface area contributed by atoms with Gasteiger partial charge < -0.3 is 10.0 Å². The van der Waals surface area contributed by atoms with E-state index in [2.05, 4.69) is 4.98 Å². The van der Waals surface area contributed by atoms with E-state index in [4.69, 9.17) is 5.11 Å². The summed E-state index contributed by atoms with van der Waals surface area (Å²) in [6.07, 6.45) is 1.36. The van der Waals surface area contributed by atoms with Crippen molar-refractivity contribution in [1.29, 1.82) is 0 Å². The van der Waals surface area contributed by atoms with Crippen LogP contribution in [0, 0.1) is 6.92 Å². The van der Waals surface area contributed by atoms with Gasteiger partial charge in [-0.15, -0.1) is 11.3 Å². The van der Waals surface area contributed by atoms with Crippen molar-refractivity contribution >= 4 is 33.4 Å². The largest absolute Gasteiger partial charge is 0.481 e. The molecule has 0 unspecified atom stereocenters. The van der Waals surface area contributed by atoms with Crippen molar-refractivity contribution in [2.24, 2.45) is 0 Å². The summed E-state index contributed by atoms with van der Waals surface area (Å²) in [7, 11) is 1.55. The van der Waals surface area contributed by atoms with Crippen molar-refractivity contribution in [2.75, 3.05) is 13.6 Å². The first-order valence-corrected chi connectivity index (χ1v) is 7.64. The number of rotatable bonds is 5. The lowest BCUT2D eigenvalue weighted by atomic mass is 10.2. The van der Waals surface area contributed by atoms with Gasteiger partial charge in [0.05, 0.1) is 23.0 Å². The van der Waals surface area contributed by atoms with Gasteiger partial charge in [0.2, 0.25) is 0 Å². The Morgan fingerprint density at radius 2 is 2.14 bits per heavy atom. The predicted molar refractivity (Wildman–Crippen MR) is 83.5 cm³/mol. The molecule has 2 rings (SSSR count). The van der Waals surface area contributed by atoms with Crippen molar-refractivity contribution in [3.63, 3.8) is 0 Å². The predicted octanol–water partition coefficient (Wildman–Crippen LogP) is 1.33. The average Bonchev–Trinajstić information content (AvgIpc) is 2.82. The minimum absolute atomic E-state index is 0.118. The van der Waals surface area contributed by atoms with Crippen LogP contribution in [0.4, 0.5) is 0 Å². The SMILES string of the molecule is CCn1cnc2sc(C(=O)N(C)CCC(=O)O)c(C)c2c1=O. The molecule has 0 aromatic carbocycles. The second-order valence-corrected chi connectivity index (χ2v) is 5.94. The van der Waals surface area contributed by atoms with Crippen LogP contribution in [0.25, 0.3) is 10.2 Å². The van der Waals surface area contributed by atoms with E-state index in [1.54, 1.807) is 14.0 Å². The van der Waals surface area contributed by atoms with Gasteiger partial charge in [0, 0.05) is 20.1 Å². The van der Waals surface area contributed by atoms with E-state index in [1.807, 2.05) is 6.92 Å². The number of aryl methyl sites for hydroxylation is 2. The van der Waals surface area contributed by atoms with Gasteiger partial charge in [0.25, 0.3) is 11.5 Å². The Bertz CT molecular complexity index is 793. The van der Waals surface area contributed by atoms with Crippen LogP contribution in [-0.2, 0) is 11.3 Å². The molecule has 0 aliphatic heterocycles. The first-order valence-electron chi connectivity index (χ1n) is 6.82. The van der Waals surface area contributed by atoms with Crippen LogP contribution in [0.3, 0.4) is 0 Å². The number of amides is 1.